The van der Waals surface area contributed by atoms with E-state index in [1.807, 2.05) is 0 Å². The fraction of sp³-hybridized carbons (Fsp3) is 0.176. The van der Waals surface area contributed by atoms with E-state index >= 15 is 0 Å². The van der Waals surface area contributed by atoms with Gasteiger partial charge < -0.3 is 9.15 Å². The summed E-state index contributed by atoms with van der Waals surface area (Å²) in [5.74, 6) is -0.00979. The lowest BCUT2D eigenvalue weighted by Crippen LogP contribution is -2.11. The number of esters is 1. The first-order chi connectivity index (χ1) is 10.9. The van der Waals surface area contributed by atoms with Gasteiger partial charge in [0, 0.05) is 15.6 Å². The molecule has 0 fully saturated rings. The third-order valence-electron chi connectivity index (χ3n) is 3.08. The molecule has 2 aromatic carbocycles. The molecule has 0 aliphatic rings. The fourth-order valence-electron chi connectivity index (χ4n) is 2.13. The van der Waals surface area contributed by atoms with E-state index in [9.17, 15) is 4.79 Å². The molecule has 0 aliphatic heterocycles. The average Bonchev–Trinajstić information content (AvgIpc) is 2.88. The number of nitrogens with zero attached hydrogens (tertiary/aromatic N) is 1. The number of carbonyl (C=O) groups excluding carboxylic acids is 1. The molecule has 0 unspecified atom stereocenters. The summed E-state index contributed by atoms with van der Waals surface area (Å²) >= 11 is 12.0. The maximum atomic E-state index is 11.9. The molecule has 118 valence electrons. The molecule has 3 aromatic rings. The van der Waals surface area contributed by atoms with Gasteiger partial charge in [-0.15, -0.1) is 0 Å². The third-order valence-corrected chi connectivity index (χ3v) is 3.51. The molecule has 6 heteroatoms. The number of oxazole rings is 1. The van der Waals surface area contributed by atoms with Gasteiger partial charge in [0.05, 0.1) is 11.7 Å². The van der Waals surface area contributed by atoms with Crippen molar-refractivity contribution in [1.29, 1.82) is 0 Å². The van der Waals surface area contributed by atoms with Crippen LogP contribution in [0.25, 0.3) is 22.6 Å². The van der Waals surface area contributed by atoms with Crippen LogP contribution < -0.4 is 0 Å². The Hall–Kier alpha value is -2.04. The first-order valence-electron chi connectivity index (χ1n) is 7.00. The first kappa shape index (κ1) is 15.8. The molecule has 4 nitrogen and oxygen atoms in total. The molecule has 0 saturated heterocycles. The van der Waals surface area contributed by atoms with E-state index in [0.29, 0.717) is 38.2 Å². The van der Waals surface area contributed by atoms with Crippen LogP contribution in [-0.4, -0.2) is 17.1 Å². The number of benzene rings is 2. The minimum atomic E-state index is -0.398. The van der Waals surface area contributed by atoms with Gasteiger partial charge in [-0.1, -0.05) is 23.2 Å². The fourth-order valence-corrected chi connectivity index (χ4v) is 2.66. The number of hydrogen-bond donors (Lipinski definition) is 0. The number of rotatable bonds is 3. The summed E-state index contributed by atoms with van der Waals surface area (Å²) in [6, 6.07) is 10.0. The highest BCUT2D eigenvalue weighted by Gasteiger charge is 2.14. The van der Waals surface area contributed by atoms with Crippen molar-refractivity contribution in [2.24, 2.45) is 0 Å². The van der Waals surface area contributed by atoms with Crippen molar-refractivity contribution < 1.29 is 13.9 Å². The molecule has 0 saturated carbocycles. The van der Waals surface area contributed by atoms with Crippen LogP contribution in [0, 0.1) is 0 Å². The van der Waals surface area contributed by atoms with Crippen molar-refractivity contribution >= 4 is 40.3 Å². The van der Waals surface area contributed by atoms with Crippen LogP contribution in [0.15, 0.2) is 40.8 Å². The largest absolute Gasteiger partial charge is 0.459 e. The number of halogens is 2. The normalized spacial score (nSPS) is 11.2. The van der Waals surface area contributed by atoms with Gasteiger partial charge in [-0.05, 0) is 50.2 Å². The van der Waals surface area contributed by atoms with Gasteiger partial charge in [0.25, 0.3) is 0 Å². The van der Waals surface area contributed by atoms with Crippen molar-refractivity contribution in [2.45, 2.75) is 20.0 Å². The van der Waals surface area contributed by atoms with Gasteiger partial charge in [0.15, 0.2) is 5.58 Å². The Bertz CT molecular complexity index is 866. The van der Waals surface area contributed by atoms with E-state index in [1.165, 1.54) is 0 Å². The number of hydrogen-bond acceptors (Lipinski definition) is 4. The van der Waals surface area contributed by atoms with E-state index in [4.69, 9.17) is 32.4 Å². The van der Waals surface area contributed by atoms with E-state index in [1.54, 1.807) is 50.2 Å². The minimum Gasteiger partial charge on any atom is -0.459 e. The average molecular weight is 350 g/mol. The zero-order valence-corrected chi connectivity index (χ0v) is 14.0. The minimum absolute atomic E-state index is 0.183. The standard InChI is InChI=1S/C17H13Cl2NO3/c1-9(2)22-17(21)10-3-4-14-15(7-10)23-16(20-14)11-5-12(18)8-13(19)6-11/h3-9H,1-2H3. The van der Waals surface area contributed by atoms with Crippen molar-refractivity contribution in [3.63, 3.8) is 0 Å². The maximum absolute atomic E-state index is 11.9. The molecule has 1 heterocycles. The van der Waals surface area contributed by atoms with E-state index in [0.717, 1.165) is 0 Å². The van der Waals surface area contributed by atoms with E-state index < -0.39 is 5.97 Å². The van der Waals surface area contributed by atoms with Crippen LogP contribution in [0.4, 0.5) is 0 Å². The molecule has 0 spiro atoms. The van der Waals surface area contributed by atoms with Crippen LogP contribution in [0.3, 0.4) is 0 Å². The number of fused-ring (bicyclic) bond motifs is 1. The van der Waals surface area contributed by atoms with Crippen LogP contribution in [-0.2, 0) is 4.74 Å². The van der Waals surface area contributed by atoms with Crippen molar-refractivity contribution in [3.8, 4) is 11.5 Å². The second kappa shape index (κ2) is 6.22. The highest BCUT2D eigenvalue weighted by Crippen LogP contribution is 2.29. The van der Waals surface area contributed by atoms with Gasteiger partial charge in [0.2, 0.25) is 5.89 Å². The number of aromatic nitrogens is 1. The maximum Gasteiger partial charge on any atom is 0.338 e. The predicted octanol–water partition coefficient (Wildman–Crippen LogP) is 5.37. The van der Waals surface area contributed by atoms with Gasteiger partial charge >= 0.3 is 5.97 Å². The predicted molar refractivity (Wildman–Crippen MR) is 90.0 cm³/mol. The topological polar surface area (TPSA) is 52.3 Å². The van der Waals surface area contributed by atoms with Gasteiger partial charge in [-0.25, -0.2) is 9.78 Å². The van der Waals surface area contributed by atoms with Crippen LogP contribution in [0.5, 0.6) is 0 Å². The van der Waals surface area contributed by atoms with E-state index in [2.05, 4.69) is 4.98 Å². The molecule has 0 amide bonds. The Morgan fingerprint density at radius 3 is 2.48 bits per heavy atom. The van der Waals surface area contributed by atoms with Gasteiger partial charge in [0.1, 0.15) is 5.52 Å². The Morgan fingerprint density at radius 1 is 1.13 bits per heavy atom. The first-order valence-corrected chi connectivity index (χ1v) is 7.76. The summed E-state index contributed by atoms with van der Waals surface area (Å²) in [6.07, 6.45) is -0.183. The quantitative estimate of drug-likeness (QED) is 0.596. The highest BCUT2D eigenvalue weighted by molar-refractivity contribution is 6.35. The summed E-state index contributed by atoms with van der Waals surface area (Å²) in [7, 11) is 0. The highest BCUT2D eigenvalue weighted by atomic mass is 35.5. The van der Waals surface area contributed by atoms with Gasteiger partial charge in [-0.2, -0.15) is 0 Å². The number of ether oxygens (including phenoxy) is 1. The second-order valence-corrected chi connectivity index (χ2v) is 6.19. The zero-order chi connectivity index (χ0) is 16.6. The van der Waals surface area contributed by atoms with Gasteiger partial charge in [-0.3, -0.25) is 0 Å². The Morgan fingerprint density at radius 2 is 1.83 bits per heavy atom. The molecule has 0 bridgehead atoms. The smallest absolute Gasteiger partial charge is 0.338 e. The monoisotopic (exact) mass is 349 g/mol. The zero-order valence-electron chi connectivity index (χ0n) is 12.5. The second-order valence-electron chi connectivity index (χ2n) is 5.31. The molecule has 23 heavy (non-hydrogen) atoms. The summed E-state index contributed by atoms with van der Waals surface area (Å²) in [5, 5.41) is 0.993. The lowest BCUT2D eigenvalue weighted by molar-refractivity contribution is 0.0378. The third kappa shape index (κ3) is 3.49. The summed E-state index contributed by atoms with van der Waals surface area (Å²) < 4.78 is 10.9. The van der Waals surface area contributed by atoms with E-state index in [-0.39, 0.29) is 6.10 Å². The summed E-state index contributed by atoms with van der Waals surface area (Å²) in [6.45, 7) is 3.59. The van der Waals surface area contributed by atoms with Crippen LogP contribution in [0.2, 0.25) is 10.0 Å². The summed E-state index contributed by atoms with van der Waals surface area (Å²) in [5.41, 5.74) is 2.22. The molecule has 3 rings (SSSR count). The SMILES string of the molecule is CC(C)OC(=O)c1ccc2nc(-c3cc(Cl)cc(Cl)c3)oc2c1. The molecular weight excluding hydrogens is 337 g/mol. The Labute approximate surface area is 143 Å². The molecule has 0 radical (unpaired) electrons. The van der Waals surface area contributed by atoms with Crippen LogP contribution >= 0.6 is 23.2 Å². The lowest BCUT2D eigenvalue weighted by atomic mass is 10.2. The van der Waals surface area contributed by atoms with Crippen molar-refractivity contribution in [2.75, 3.05) is 0 Å². The molecule has 1 aromatic heterocycles. The lowest BCUT2D eigenvalue weighted by Gasteiger charge is -2.07. The molecule has 0 aliphatic carbocycles. The van der Waals surface area contributed by atoms with Crippen LogP contribution in [0.1, 0.15) is 24.2 Å². The summed E-state index contributed by atoms with van der Waals surface area (Å²) in [4.78, 5) is 16.3. The number of carbonyl (C=O) groups is 1. The van der Waals surface area contributed by atoms with Crippen molar-refractivity contribution in [3.05, 3.63) is 52.0 Å². The molecule has 0 N–H and O–H groups in total. The van der Waals surface area contributed by atoms with Crippen molar-refractivity contribution in [1.82, 2.24) is 4.98 Å². The Kier molecular flexibility index (Phi) is 4.28. The molecule has 0 atom stereocenters. The Balaban J connectivity index is 2.00. The molecular formula is C17H13Cl2NO3.